The van der Waals surface area contributed by atoms with Crippen molar-refractivity contribution in [1.29, 1.82) is 0 Å². The molecule has 0 aliphatic rings. The van der Waals surface area contributed by atoms with E-state index in [2.05, 4.69) is 26.2 Å². The molecule has 1 rings (SSSR count). The topological polar surface area (TPSA) is 34.2 Å². The summed E-state index contributed by atoms with van der Waals surface area (Å²) >= 11 is 3.29. The largest absolute Gasteiger partial charge is 0.471 e. The molecule has 0 fully saturated rings. The Bertz CT molecular complexity index is 361. The van der Waals surface area contributed by atoms with Gasteiger partial charge in [-0.1, -0.05) is 13.8 Å². The predicted octanol–water partition coefficient (Wildman–Crippen LogP) is 2.99. The lowest BCUT2D eigenvalue weighted by atomic mass is 10.2. The molecule has 17 heavy (non-hydrogen) atoms. The van der Waals surface area contributed by atoms with Gasteiger partial charge in [0.15, 0.2) is 6.61 Å². The smallest absolute Gasteiger partial charge is 0.272 e. The standard InChI is InChI=1S/C11H15BrF2N2O/c1-7(2)15-4-8-3-9(12)5-16-11(8)17-6-10(13)14/h3,5,7,10,15H,4,6H2,1-2H3. The molecule has 1 aromatic heterocycles. The van der Waals surface area contributed by atoms with E-state index in [1.807, 2.05) is 19.9 Å². The molecule has 0 aromatic carbocycles. The maximum Gasteiger partial charge on any atom is 0.272 e. The number of hydrogen-bond acceptors (Lipinski definition) is 3. The SMILES string of the molecule is CC(C)NCc1cc(Br)cnc1OCC(F)F. The molecule has 0 unspecified atom stereocenters. The second-order valence-electron chi connectivity index (χ2n) is 3.86. The molecule has 1 aromatic rings. The summed E-state index contributed by atoms with van der Waals surface area (Å²) in [6, 6.07) is 2.11. The second-order valence-corrected chi connectivity index (χ2v) is 4.77. The van der Waals surface area contributed by atoms with Crippen molar-refractivity contribution in [2.45, 2.75) is 32.9 Å². The average molecular weight is 309 g/mol. The van der Waals surface area contributed by atoms with E-state index in [1.165, 1.54) is 6.20 Å². The zero-order valence-electron chi connectivity index (χ0n) is 9.71. The van der Waals surface area contributed by atoms with Crippen molar-refractivity contribution in [2.24, 2.45) is 0 Å². The van der Waals surface area contributed by atoms with Crippen LogP contribution in [-0.2, 0) is 6.54 Å². The summed E-state index contributed by atoms with van der Waals surface area (Å²) in [7, 11) is 0. The highest BCUT2D eigenvalue weighted by Crippen LogP contribution is 2.20. The van der Waals surface area contributed by atoms with Crippen LogP contribution in [0.2, 0.25) is 0 Å². The van der Waals surface area contributed by atoms with Gasteiger partial charge in [-0.2, -0.15) is 0 Å². The average Bonchev–Trinajstić information content (AvgIpc) is 2.24. The van der Waals surface area contributed by atoms with Gasteiger partial charge in [0.25, 0.3) is 6.43 Å². The molecule has 0 saturated carbocycles. The van der Waals surface area contributed by atoms with Crippen LogP contribution in [0.3, 0.4) is 0 Å². The molecule has 6 heteroatoms. The molecule has 0 spiro atoms. The number of aromatic nitrogens is 1. The lowest BCUT2D eigenvalue weighted by Crippen LogP contribution is -2.22. The van der Waals surface area contributed by atoms with Crippen LogP contribution in [0.5, 0.6) is 5.88 Å². The molecular weight excluding hydrogens is 294 g/mol. The minimum absolute atomic E-state index is 0.252. The van der Waals surface area contributed by atoms with Crippen molar-refractivity contribution < 1.29 is 13.5 Å². The van der Waals surface area contributed by atoms with Gasteiger partial charge in [-0.05, 0) is 22.0 Å². The lowest BCUT2D eigenvalue weighted by molar-refractivity contribution is 0.0789. The third-order valence-corrected chi connectivity index (χ3v) is 2.37. The first-order valence-corrected chi connectivity index (χ1v) is 6.07. The Hall–Kier alpha value is -0.750. The van der Waals surface area contributed by atoms with Gasteiger partial charge in [-0.25, -0.2) is 13.8 Å². The van der Waals surface area contributed by atoms with Gasteiger partial charge in [0, 0.05) is 28.8 Å². The van der Waals surface area contributed by atoms with Crippen LogP contribution in [0.4, 0.5) is 8.78 Å². The summed E-state index contributed by atoms with van der Waals surface area (Å²) in [4.78, 5) is 3.99. The van der Waals surface area contributed by atoms with Crippen molar-refractivity contribution in [3.8, 4) is 5.88 Å². The molecule has 3 nitrogen and oxygen atoms in total. The van der Waals surface area contributed by atoms with E-state index >= 15 is 0 Å². The van der Waals surface area contributed by atoms with E-state index < -0.39 is 13.0 Å². The molecule has 0 amide bonds. The van der Waals surface area contributed by atoms with E-state index in [4.69, 9.17) is 4.74 Å². The summed E-state index contributed by atoms with van der Waals surface area (Å²) in [5, 5.41) is 3.19. The third kappa shape index (κ3) is 5.41. The van der Waals surface area contributed by atoms with E-state index in [0.717, 1.165) is 10.0 Å². The fourth-order valence-corrected chi connectivity index (χ4v) is 1.56. The third-order valence-electron chi connectivity index (χ3n) is 1.94. The van der Waals surface area contributed by atoms with Crippen molar-refractivity contribution in [3.05, 3.63) is 22.3 Å². The fourth-order valence-electron chi connectivity index (χ4n) is 1.18. The van der Waals surface area contributed by atoms with Gasteiger partial charge in [0.05, 0.1) is 0 Å². The van der Waals surface area contributed by atoms with Crippen molar-refractivity contribution in [1.82, 2.24) is 10.3 Å². The predicted molar refractivity (Wildman–Crippen MR) is 65.4 cm³/mol. The van der Waals surface area contributed by atoms with Gasteiger partial charge in [0.1, 0.15) is 0 Å². The van der Waals surface area contributed by atoms with Crippen LogP contribution in [0.15, 0.2) is 16.7 Å². The van der Waals surface area contributed by atoms with Gasteiger partial charge in [-0.3, -0.25) is 0 Å². The first kappa shape index (κ1) is 14.3. The van der Waals surface area contributed by atoms with E-state index in [1.54, 1.807) is 0 Å². The van der Waals surface area contributed by atoms with Crippen molar-refractivity contribution >= 4 is 15.9 Å². The Morgan fingerprint density at radius 1 is 1.47 bits per heavy atom. The van der Waals surface area contributed by atoms with E-state index in [-0.39, 0.29) is 5.88 Å². The van der Waals surface area contributed by atoms with Crippen LogP contribution in [0, 0.1) is 0 Å². The quantitative estimate of drug-likeness (QED) is 0.877. The summed E-state index contributed by atoms with van der Waals surface area (Å²) in [6.45, 7) is 3.90. The molecule has 0 radical (unpaired) electrons. The number of nitrogens with zero attached hydrogens (tertiary/aromatic N) is 1. The minimum atomic E-state index is -2.49. The first-order valence-electron chi connectivity index (χ1n) is 5.27. The minimum Gasteiger partial charge on any atom is -0.471 e. The lowest BCUT2D eigenvalue weighted by Gasteiger charge is -2.12. The van der Waals surface area contributed by atoms with Crippen LogP contribution in [-0.4, -0.2) is 24.1 Å². The summed E-state index contributed by atoms with van der Waals surface area (Å²) in [5.74, 6) is 0.252. The van der Waals surface area contributed by atoms with Crippen LogP contribution >= 0.6 is 15.9 Å². The zero-order chi connectivity index (χ0) is 12.8. The molecule has 96 valence electrons. The van der Waals surface area contributed by atoms with E-state index in [0.29, 0.717) is 12.6 Å². The number of hydrogen-bond donors (Lipinski definition) is 1. The molecule has 1 heterocycles. The highest BCUT2D eigenvalue weighted by molar-refractivity contribution is 9.10. The highest BCUT2D eigenvalue weighted by Gasteiger charge is 2.10. The zero-order valence-corrected chi connectivity index (χ0v) is 11.3. The monoisotopic (exact) mass is 308 g/mol. The highest BCUT2D eigenvalue weighted by atomic mass is 79.9. The van der Waals surface area contributed by atoms with Gasteiger partial charge < -0.3 is 10.1 Å². The number of nitrogens with one attached hydrogen (secondary N) is 1. The molecular formula is C11H15BrF2N2O. The van der Waals surface area contributed by atoms with Crippen molar-refractivity contribution in [2.75, 3.05) is 6.61 Å². The summed E-state index contributed by atoms with van der Waals surface area (Å²) in [6.07, 6.45) is -0.967. The van der Waals surface area contributed by atoms with Gasteiger partial charge in [-0.15, -0.1) is 0 Å². The maximum absolute atomic E-state index is 12.1. The summed E-state index contributed by atoms with van der Waals surface area (Å²) < 4.78 is 29.9. The Morgan fingerprint density at radius 3 is 2.76 bits per heavy atom. The number of ether oxygens (including phenoxy) is 1. The first-order chi connectivity index (χ1) is 7.99. The molecule has 0 atom stereocenters. The van der Waals surface area contributed by atoms with Crippen LogP contribution in [0.1, 0.15) is 19.4 Å². The fraction of sp³-hybridized carbons (Fsp3) is 0.545. The number of halogens is 3. The number of pyridine rings is 1. The Kier molecular flexibility index (Phi) is 5.77. The molecule has 0 aliphatic heterocycles. The molecule has 0 saturated heterocycles. The molecule has 0 bridgehead atoms. The van der Waals surface area contributed by atoms with Crippen LogP contribution in [0.25, 0.3) is 0 Å². The maximum atomic E-state index is 12.1. The van der Waals surface area contributed by atoms with Crippen molar-refractivity contribution in [3.63, 3.8) is 0 Å². The Balaban J connectivity index is 2.72. The summed E-state index contributed by atoms with van der Waals surface area (Å²) in [5.41, 5.74) is 0.758. The van der Waals surface area contributed by atoms with Gasteiger partial charge >= 0.3 is 0 Å². The van der Waals surface area contributed by atoms with Crippen LogP contribution < -0.4 is 10.1 Å². The Morgan fingerprint density at radius 2 is 2.18 bits per heavy atom. The van der Waals surface area contributed by atoms with E-state index in [9.17, 15) is 8.78 Å². The number of rotatable bonds is 6. The second kappa shape index (κ2) is 6.86. The molecule has 1 N–H and O–H groups in total. The molecule has 0 aliphatic carbocycles. The normalized spacial score (nSPS) is 11.2. The number of alkyl halides is 2. The van der Waals surface area contributed by atoms with Gasteiger partial charge in [0.2, 0.25) is 5.88 Å². The Labute approximate surface area is 108 Å².